The van der Waals surface area contributed by atoms with Crippen LogP contribution in [0.25, 0.3) is 0 Å². The van der Waals surface area contributed by atoms with Crippen molar-refractivity contribution in [3.63, 3.8) is 0 Å². The van der Waals surface area contributed by atoms with Crippen LogP contribution in [0.4, 0.5) is 4.39 Å². The van der Waals surface area contributed by atoms with Crippen molar-refractivity contribution >= 4 is 11.6 Å². The van der Waals surface area contributed by atoms with E-state index >= 15 is 0 Å². The van der Waals surface area contributed by atoms with Gasteiger partial charge in [0.05, 0.1) is 6.61 Å². The SMILES string of the molecule is OCC1CN(Cc2c(F)cccc2Cl)CCCN1. The van der Waals surface area contributed by atoms with Gasteiger partial charge in [-0.1, -0.05) is 17.7 Å². The first-order valence-electron chi connectivity index (χ1n) is 6.20. The molecule has 2 rings (SSSR count). The van der Waals surface area contributed by atoms with Crippen molar-refractivity contribution in [2.75, 3.05) is 26.2 Å². The van der Waals surface area contributed by atoms with Gasteiger partial charge in [0.25, 0.3) is 0 Å². The first kappa shape index (κ1) is 13.7. The quantitative estimate of drug-likeness (QED) is 0.878. The zero-order valence-corrected chi connectivity index (χ0v) is 11.0. The summed E-state index contributed by atoms with van der Waals surface area (Å²) in [6, 6.07) is 4.81. The smallest absolute Gasteiger partial charge is 0.129 e. The Morgan fingerprint density at radius 2 is 2.33 bits per heavy atom. The average molecular weight is 273 g/mol. The van der Waals surface area contributed by atoms with E-state index in [2.05, 4.69) is 10.2 Å². The molecule has 1 aliphatic heterocycles. The Morgan fingerprint density at radius 1 is 1.50 bits per heavy atom. The standard InChI is InChI=1S/C13H18ClFN2O/c14-12-3-1-4-13(15)11(12)8-17-6-2-5-16-10(7-17)9-18/h1,3-4,10,16,18H,2,5-9H2. The summed E-state index contributed by atoms with van der Waals surface area (Å²) < 4.78 is 13.7. The predicted octanol–water partition coefficient (Wildman–Crippen LogP) is 1.64. The first-order chi connectivity index (χ1) is 8.70. The van der Waals surface area contributed by atoms with Crippen LogP contribution in [-0.4, -0.2) is 42.3 Å². The van der Waals surface area contributed by atoms with Gasteiger partial charge in [-0.15, -0.1) is 0 Å². The maximum absolute atomic E-state index is 13.7. The van der Waals surface area contributed by atoms with E-state index in [-0.39, 0.29) is 18.5 Å². The summed E-state index contributed by atoms with van der Waals surface area (Å²) >= 11 is 6.03. The van der Waals surface area contributed by atoms with E-state index in [0.29, 0.717) is 23.7 Å². The van der Waals surface area contributed by atoms with E-state index in [4.69, 9.17) is 11.6 Å². The third-order valence-corrected chi connectivity index (χ3v) is 3.58. The highest BCUT2D eigenvalue weighted by molar-refractivity contribution is 6.31. The lowest BCUT2D eigenvalue weighted by Crippen LogP contribution is -2.40. The normalized spacial score (nSPS) is 21.8. The number of hydrogen-bond donors (Lipinski definition) is 2. The Balaban J connectivity index is 2.07. The number of nitrogens with zero attached hydrogens (tertiary/aromatic N) is 1. The molecule has 1 aromatic rings. The molecule has 1 aromatic carbocycles. The van der Waals surface area contributed by atoms with Crippen LogP contribution >= 0.6 is 11.6 Å². The summed E-state index contributed by atoms with van der Waals surface area (Å²) in [6.45, 7) is 3.06. The van der Waals surface area contributed by atoms with Crippen LogP contribution in [0.2, 0.25) is 5.02 Å². The molecule has 3 nitrogen and oxygen atoms in total. The zero-order chi connectivity index (χ0) is 13.0. The van der Waals surface area contributed by atoms with Gasteiger partial charge < -0.3 is 10.4 Å². The molecule has 0 radical (unpaired) electrons. The predicted molar refractivity (Wildman–Crippen MR) is 70.2 cm³/mol. The van der Waals surface area contributed by atoms with Crippen molar-refractivity contribution in [2.45, 2.75) is 19.0 Å². The van der Waals surface area contributed by atoms with Crippen molar-refractivity contribution in [3.05, 3.63) is 34.6 Å². The molecule has 5 heteroatoms. The Hall–Kier alpha value is -0.680. The number of halogens is 2. The molecule has 0 spiro atoms. The van der Waals surface area contributed by atoms with Gasteiger partial charge in [-0.3, -0.25) is 4.90 Å². The fraction of sp³-hybridized carbons (Fsp3) is 0.538. The minimum Gasteiger partial charge on any atom is -0.395 e. The number of aliphatic hydroxyl groups is 1. The van der Waals surface area contributed by atoms with Crippen molar-refractivity contribution in [3.8, 4) is 0 Å². The van der Waals surface area contributed by atoms with Crippen LogP contribution in [0.5, 0.6) is 0 Å². The Labute approximate surface area is 112 Å². The van der Waals surface area contributed by atoms with Crippen LogP contribution in [0.3, 0.4) is 0 Å². The van der Waals surface area contributed by atoms with Gasteiger partial charge in [0.2, 0.25) is 0 Å². The molecule has 18 heavy (non-hydrogen) atoms. The summed E-state index contributed by atoms with van der Waals surface area (Å²) in [6.07, 6.45) is 0.989. The third-order valence-electron chi connectivity index (χ3n) is 3.23. The largest absolute Gasteiger partial charge is 0.395 e. The molecular weight excluding hydrogens is 255 g/mol. The second-order valence-corrected chi connectivity index (χ2v) is 5.03. The summed E-state index contributed by atoms with van der Waals surface area (Å²) in [5.41, 5.74) is 0.540. The molecule has 1 saturated heterocycles. The van der Waals surface area contributed by atoms with Gasteiger partial charge in [-0.2, -0.15) is 0 Å². The summed E-state index contributed by atoms with van der Waals surface area (Å²) in [5.74, 6) is -0.264. The highest BCUT2D eigenvalue weighted by atomic mass is 35.5. The second kappa shape index (κ2) is 6.48. The van der Waals surface area contributed by atoms with Gasteiger partial charge in [0.1, 0.15) is 5.82 Å². The first-order valence-corrected chi connectivity index (χ1v) is 6.58. The number of nitrogens with one attached hydrogen (secondary N) is 1. The van der Waals surface area contributed by atoms with E-state index in [0.717, 1.165) is 19.5 Å². The number of hydrogen-bond acceptors (Lipinski definition) is 3. The molecule has 1 atom stereocenters. The Kier molecular flexibility index (Phi) is 4.95. The molecule has 1 heterocycles. The zero-order valence-electron chi connectivity index (χ0n) is 10.2. The fourth-order valence-electron chi connectivity index (χ4n) is 2.25. The molecule has 1 fully saturated rings. The van der Waals surface area contributed by atoms with Crippen LogP contribution in [0, 0.1) is 5.82 Å². The number of rotatable bonds is 3. The Morgan fingerprint density at radius 3 is 3.06 bits per heavy atom. The van der Waals surface area contributed by atoms with E-state index in [1.165, 1.54) is 6.07 Å². The lowest BCUT2D eigenvalue weighted by atomic mass is 10.2. The molecule has 0 amide bonds. The summed E-state index contributed by atoms with van der Waals surface area (Å²) in [5, 5.41) is 12.9. The molecule has 1 aliphatic rings. The molecule has 0 aliphatic carbocycles. The van der Waals surface area contributed by atoms with Crippen LogP contribution < -0.4 is 5.32 Å². The minimum absolute atomic E-state index is 0.0537. The van der Waals surface area contributed by atoms with E-state index < -0.39 is 0 Å². The van der Waals surface area contributed by atoms with Crippen molar-refractivity contribution in [1.29, 1.82) is 0 Å². The molecule has 0 saturated carbocycles. The third kappa shape index (κ3) is 3.42. The summed E-state index contributed by atoms with van der Waals surface area (Å²) in [4.78, 5) is 2.13. The van der Waals surface area contributed by atoms with E-state index in [9.17, 15) is 9.50 Å². The van der Waals surface area contributed by atoms with Crippen LogP contribution in [0.15, 0.2) is 18.2 Å². The maximum atomic E-state index is 13.7. The average Bonchev–Trinajstić information content (AvgIpc) is 2.59. The van der Waals surface area contributed by atoms with Crippen molar-refractivity contribution in [2.24, 2.45) is 0 Å². The topological polar surface area (TPSA) is 35.5 Å². The fourth-order valence-corrected chi connectivity index (χ4v) is 2.47. The van der Waals surface area contributed by atoms with Crippen molar-refractivity contribution in [1.82, 2.24) is 10.2 Å². The summed E-state index contributed by atoms with van der Waals surface area (Å²) in [7, 11) is 0. The van der Waals surface area contributed by atoms with Gasteiger partial charge in [-0.25, -0.2) is 4.39 Å². The van der Waals surface area contributed by atoms with E-state index in [1.54, 1.807) is 12.1 Å². The highest BCUT2D eigenvalue weighted by Gasteiger charge is 2.19. The lowest BCUT2D eigenvalue weighted by Gasteiger charge is -2.23. The molecular formula is C13H18ClFN2O. The highest BCUT2D eigenvalue weighted by Crippen LogP contribution is 2.21. The number of aliphatic hydroxyl groups excluding tert-OH is 1. The molecule has 100 valence electrons. The van der Waals surface area contributed by atoms with Gasteiger partial charge in [-0.05, 0) is 31.6 Å². The van der Waals surface area contributed by atoms with Gasteiger partial charge >= 0.3 is 0 Å². The maximum Gasteiger partial charge on any atom is 0.129 e. The molecule has 2 N–H and O–H groups in total. The molecule has 0 bridgehead atoms. The lowest BCUT2D eigenvalue weighted by molar-refractivity contribution is 0.195. The molecule has 0 aromatic heterocycles. The van der Waals surface area contributed by atoms with Crippen LogP contribution in [0.1, 0.15) is 12.0 Å². The number of benzene rings is 1. The van der Waals surface area contributed by atoms with Crippen molar-refractivity contribution < 1.29 is 9.50 Å². The van der Waals surface area contributed by atoms with Gasteiger partial charge in [0.15, 0.2) is 0 Å². The molecule has 1 unspecified atom stereocenters. The Bertz CT molecular complexity index is 382. The second-order valence-electron chi connectivity index (χ2n) is 4.62. The van der Waals surface area contributed by atoms with Crippen LogP contribution in [-0.2, 0) is 6.54 Å². The van der Waals surface area contributed by atoms with E-state index in [1.807, 2.05) is 0 Å². The monoisotopic (exact) mass is 272 g/mol. The minimum atomic E-state index is -0.264. The van der Waals surface area contributed by atoms with Gasteiger partial charge in [0, 0.05) is 29.7 Å².